The van der Waals surface area contributed by atoms with Gasteiger partial charge in [-0.15, -0.1) is 6.58 Å². The minimum atomic E-state index is 0.579. The monoisotopic (exact) mass is 169 g/mol. The van der Waals surface area contributed by atoms with E-state index in [1.807, 2.05) is 0 Å². The van der Waals surface area contributed by atoms with Gasteiger partial charge in [-0.3, -0.25) is 0 Å². The van der Waals surface area contributed by atoms with Gasteiger partial charge in [-0.25, -0.2) is 0 Å². The van der Waals surface area contributed by atoms with Crippen LogP contribution >= 0.6 is 0 Å². The molecule has 0 N–H and O–H groups in total. The Morgan fingerprint density at radius 1 is 1.33 bits per heavy atom. The van der Waals surface area contributed by atoms with Crippen molar-refractivity contribution in [2.45, 2.75) is 33.7 Å². The van der Waals surface area contributed by atoms with Crippen molar-refractivity contribution in [3.8, 4) is 0 Å². The van der Waals surface area contributed by atoms with Crippen molar-refractivity contribution in [1.82, 2.24) is 4.90 Å². The van der Waals surface area contributed by atoms with Crippen LogP contribution in [0.15, 0.2) is 12.7 Å². The molecule has 0 fully saturated rings. The Bertz CT molecular complexity index is 129. The first kappa shape index (κ1) is 11.7. The Hall–Kier alpha value is -0.300. The number of rotatable bonds is 5. The first-order valence-corrected chi connectivity index (χ1v) is 4.87. The van der Waals surface area contributed by atoms with Crippen LogP contribution in [0.1, 0.15) is 27.7 Å². The predicted molar refractivity (Wildman–Crippen MR) is 56.3 cm³/mol. The maximum atomic E-state index is 3.85. The van der Waals surface area contributed by atoms with Crippen molar-refractivity contribution in [3.05, 3.63) is 12.7 Å². The highest BCUT2D eigenvalue weighted by molar-refractivity contribution is 4.87. The average molecular weight is 169 g/mol. The van der Waals surface area contributed by atoms with Crippen LogP contribution in [0, 0.1) is 11.8 Å². The summed E-state index contributed by atoms with van der Waals surface area (Å²) < 4.78 is 0. The van der Waals surface area contributed by atoms with Gasteiger partial charge in [0.15, 0.2) is 0 Å². The van der Waals surface area contributed by atoms with Crippen LogP contribution in [0.25, 0.3) is 0 Å². The quantitative estimate of drug-likeness (QED) is 0.572. The summed E-state index contributed by atoms with van der Waals surface area (Å²) in [5, 5.41) is 0. The lowest BCUT2D eigenvalue weighted by Crippen LogP contribution is -2.40. The molecule has 0 aliphatic carbocycles. The molecule has 1 heteroatoms. The molecule has 0 aromatic carbocycles. The third kappa shape index (κ3) is 2.98. The van der Waals surface area contributed by atoms with E-state index in [9.17, 15) is 0 Å². The lowest BCUT2D eigenvalue weighted by atomic mass is 9.91. The zero-order chi connectivity index (χ0) is 9.72. The van der Waals surface area contributed by atoms with Crippen molar-refractivity contribution in [2.75, 3.05) is 13.6 Å². The summed E-state index contributed by atoms with van der Waals surface area (Å²) >= 11 is 0. The van der Waals surface area contributed by atoms with Crippen LogP contribution in [0.3, 0.4) is 0 Å². The molecule has 0 heterocycles. The van der Waals surface area contributed by atoms with Gasteiger partial charge in [-0.05, 0) is 25.4 Å². The molecule has 1 nitrogen and oxygen atoms in total. The van der Waals surface area contributed by atoms with Gasteiger partial charge < -0.3 is 4.90 Å². The van der Waals surface area contributed by atoms with Crippen molar-refractivity contribution < 1.29 is 0 Å². The topological polar surface area (TPSA) is 3.24 Å². The highest BCUT2D eigenvalue weighted by Crippen LogP contribution is 2.18. The molecule has 0 aliphatic heterocycles. The van der Waals surface area contributed by atoms with Crippen LogP contribution in [0.5, 0.6) is 0 Å². The molecule has 0 rings (SSSR count). The summed E-state index contributed by atoms with van der Waals surface area (Å²) in [6.45, 7) is 14.0. The second kappa shape index (κ2) is 5.36. The van der Waals surface area contributed by atoms with Crippen LogP contribution in [0.4, 0.5) is 0 Å². The Balaban J connectivity index is 4.31. The van der Waals surface area contributed by atoms with Gasteiger partial charge in [0, 0.05) is 6.04 Å². The predicted octanol–water partition coefficient (Wildman–Crippen LogP) is 2.78. The van der Waals surface area contributed by atoms with Gasteiger partial charge >= 0.3 is 0 Å². The zero-order valence-electron chi connectivity index (χ0n) is 9.17. The number of hydrogen-bond acceptors (Lipinski definition) is 1. The Labute approximate surface area is 77.5 Å². The Kier molecular flexibility index (Phi) is 5.23. The molecule has 0 saturated heterocycles. The summed E-state index contributed by atoms with van der Waals surface area (Å²) in [5.41, 5.74) is 0. The van der Waals surface area contributed by atoms with Crippen LogP contribution < -0.4 is 0 Å². The smallest absolute Gasteiger partial charge is 0.0175 e. The van der Waals surface area contributed by atoms with E-state index in [-0.39, 0.29) is 0 Å². The molecule has 0 amide bonds. The van der Waals surface area contributed by atoms with Gasteiger partial charge in [0.05, 0.1) is 0 Å². The fourth-order valence-corrected chi connectivity index (χ4v) is 1.87. The first-order valence-electron chi connectivity index (χ1n) is 4.87. The molecule has 0 spiro atoms. The molecular formula is C11H23N. The maximum Gasteiger partial charge on any atom is 0.0175 e. The highest BCUT2D eigenvalue weighted by atomic mass is 15.1. The fourth-order valence-electron chi connectivity index (χ4n) is 1.87. The molecule has 0 saturated carbocycles. The highest BCUT2D eigenvalue weighted by Gasteiger charge is 2.21. The third-order valence-electron chi connectivity index (χ3n) is 2.60. The molecule has 0 bridgehead atoms. The molecule has 2 atom stereocenters. The van der Waals surface area contributed by atoms with E-state index in [0.29, 0.717) is 17.9 Å². The molecule has 12 heavy (non-hydrogen) atoms. The minimum absolute atomic E-state index is 0.579. The molecule has 2 unspecified atom stereocenters. The average Bonchev–Trinajstić information content (AvgIpc) is 2.03. The standard InChI is InChI=1S/C11H23N/c1-7-10(5)11(9(3)4)12(6)8-2/h7,9-11H,1,8H2,2-6H3. The lowest BCUT2D eigenvalue weighted by molar-refractivity contribution is 0.164. The summed E-state index contributed by atoms with van der Waals surface area (Å²) in [5.74, 6) is 1.28. The van der Waals surface area contributed by atoms with Crippen molar-refractivity contribution in [1.29, 1.82) is 0 Å². The lowest BCUT2D eigenvalue weighted by Gasteiger charge is -2.33. The summed E-state index contributed by atoms with van der Waals surface area (Å²) in [6.07, 6.45) is 2.05. The largest absolute Gasteiger partial charge is 0.303 e. The van der Waals surface area contributed by atoms with Crippen LogP contribution in [-0.2, 0) is 0 Å². The van der Waals surface area contributed by atoms with E-state index in [1.165, 1.54) is 0 Å². The van der Waals surface area contributed by atoms with Crippen molar-refractivity contribution in [3.63, 3.8) is 0 Å². The number of nitrogens with zero attached hydrogens (tertiary/aromatic N) is 1. The van der Waals surface area contributed by atoms with E-state index in [0.717, 1.165) is 6.54 Å². The van der Waals surface area contributed by atoms with Crippen LogP contribution in [-0.4, -0.2) is 24.5 Å². The van der Waals surface area contributed by atoms with Crippen molar-refractivity contribution in [2.24, 2.45) is 11.8 Å². The minimum Gasteiger partial charge on any atom is -0.303 e. The number of hydrogen-bond donors (Lipinski definition) is 0. The van der Waals surface area contributed by atoms with Crippen molar-refractivity contribution >= 4 is 0 Å². The van der Waals surface area contributed by atoms with E-state index in [2.05, 4.69) is 52.3 Å². The second-order valence-corrected chi connectivity index (χ2v) is 3.90. The maximum absolute atomic E-state index is 3.85. The zero-order valence-corrected chi connectivity index (χ0v) is 9.17. The summed E-state index contributed by atoms with van der Waals surface area (Å²) in [4.78, 5) is 2.40. The Morgan fingerprint density at radius 3 is 2.08 bits per heavy atom. The summed E-state index contributed by atoms with van der Waals surface area (Å²) in [7, 11) is 2.19. The van der Waals surface area contributed by atoms with Gasteiger partial charge in [-0.2, -0.15) is 0 Å². The first-order chi connectivity index (χ1) is 5.54. The van der Waals surface area contributed by atoms with E-state index < -0.39 is 0 Å². The van der Waals surface area contributed by atoms with Gasteiger partial charge in [-0.1, -0.05) is 33.8 Å². The second-order valence-electron chi connectivity index (χ2n) is 3.90. The van der Waals surface area contributed by atoms with Gasteiger partial charge in [0.1, 0.15) is 0 Å². The van der Waals surface area contributed by atoms with Crippen LogP contribution in [0.2, 0.25) is 0 Å². The summed E-state index contributed by atoms with van der Waals surface area (Å²) in [6, 6.07) is 0.632. The fraction of sp³-hybridized carbons (Fsp3) is 0.818. The molecule has 72 valence electrons. The van der Waals surface area contributed by atoms with Gasteiger partial charge in [0.2, 0.25) is 0 Å². The third-order valence-corrected chi connectivity index (χ3v) is 2.60. The SMILES string of the molecule is C=CC(C)C(C(C)C)N(C)CC. The van der Waals surface area contributed by atoms with Gasteiger partial charge in [0.25, 0.3) is 0 Å². The normalized spacial score (nSPS) is 16.6. The molecule has 0 aliphatic rings. The van der Waals surface area contributed by atoms with E-state index in [1.54, 1.807) is 0 Å². The van der Waals surface area contributed by atoms with E-state index in [4.69, 9.17) is 0 Å². The Morgan fingerprint density at radius 2 is 1.83 bits per heavy atom. The molecular weight excluding hydrogens is 146 g/mol. The molecule has 0 aromatic rings. The van der Waals surface area contributed by atoms with E-state index >= 15 is 0 Å². The molecule has 0 radical (unpaired) electrons. The molecule has 0 aromatic heterocycles.